The van der Waals surface area contributed by atoms with Gasteiger partial charge in [0.25, 0.3) is 0 Å². The van der Waals surface area contributed by atoms with E-state index in [0.29, 0.717) is 5.92 Å². The minimum Gasteiger partial charge on any atom is -0.380 e. The highest BCUT2D eigenvalue weighted by atomic mass is 16.5. The minimum absolute atomic E-state index is 0.0689. The summed E-state index contributed by atoms with van der Waals surface area (Å²) in [7, 11) is 1.79. The van der Waals surface area contributed by atoms with Gasteiger partial charge in [-0.05, 0) is 19.3 Å². The zero-order valence-corrected chi connectivity index (χ0v) is 14.7. The highest BCUT2D eigenvalue weighted by molar-refractivity contribution is 5.79. The Hall–Kier alpha value is -1.36. The number of methoxy groups -OCH3 is 1. The van der Waals surface area contributed by atoms with E-state index in [0.717, 1.165) is 32.2 Å². The third-order valence-electron chi connectivity index (χ3n) is 6.40. The highest BCUT2D eigenvalue weighted by Gasteiger charge is 2.59. The molecule has 0 aromatic carbocycles. The average Bonchev–Trinajstić information content (AvgIpc) is 3.04. The van der Waals surface area contributed by atoms with Crippen LogP contribution in [0.4, 0.5) is 0 Å². The van der Waals surface area contributed by atoms with E-state index < -0.39 is 0 Å². The average molecular weight is 319 g/mol. The van der Waals surface area contributed by atoms with Crippen LogP contribution in [-0.4, -0.2) is 34.7 Å². The molecule has 0 bridgehead atoms. The number of fused-ring (bicyclic) bond motifs is 1. The van der Waals surface area contributed by atoms with Crippen molar-refractivity contribution < 1.29 is 9.53 Å². The van der Waals surface area contributed by atoms with Gasteiger partial charge in [-0.3, -0.25) is 4.79 Å². The number of ether oxygens (including phenoxy) is 1. The van der Waals surface area contributed by atoms with Gasteiger partial charge in [0.2, 0.25) is 5.91 Å². The van der Waals surface area contributed by atoms with Gasteiger partial charge in [0.15, 0.2) is 0 Å². The Kier molecular flexibility index (Phi) is 4.50. The van der Waals surface area contributed by atoms with Gasteiger partial charge in [0, 0.05) is 55.3 Å². The molecule has 2 aliphatic rings. The molecular formula is C18H29N3O2. The summed E-state index contributed by atoms with van der Waals surface area (Å²) < 4.78 is 7.88. The molecule has 2 heterocycles. The lowest BCUT2D eigenvalue weighted by Crippen LogP contribution is -2.70. The summed E-state index contributed by atoms with van der Waals surface area (Å²) in [5, 5.41) is 3.37. The highest BCUT2D eigenvalue weighted by Crippen LogP contribution is 2.52. The Morgan fingerprint density at radius 1 is 1.48 bits per heavy atom. The number of aromatic nitrogens is 2. The summed E-state index contributed by atoms with van der Waals surface area (Å²) in [5.74, 6) is 0.646. The summed E-state index contributed by atoms with van der Waals surface area (Å²) >= 11 is 0. The fraction of sp³-hybridized carbons (Fsp3) is 0.778. The maximum Gasteiger partial charge on any atom is 0.223 e. The Morgan fingerprint density at radius 3 is 2.87 bits per heavy atom. The molecular weight excluding hydrogens is 290 g/mol. The van der Waals surface area contributed by atoms with Crippen molar-refractivity contribution in [2.24, 2.45) is 17.3 Å². The van der Waals surface area contributed by atoms with Crippen molar-refractivity contribution in [1.29, 1.82) is 0 Å². The number of hydrogen-bond acceptors (Lipinski definition) is 3. The molecule has 4 atom stereocenters. The number of hydrogen-bond donors (Lipinski definition) is 1. The Bertz CT molecular complexity index is 564. The van der Waals surface area contributed by atoms with E-state index in [1.54, 1.807) is 7.11 Å². The van der Waals surface area contributed by atoms with E-state index in [2.05, 4.69) is 35.6 Å². The largest absolute Gasteiger partial charge is 0.380 e. The van der Waals surface area contributed by atoms with E-state index in [-0.39, 0.29) is 29.4 Å². The summed E-state index contributed by atoms with van der Waals surface area (Å²) in [6.45, 7) is 7.50. The number of carbonyl (C=O) groups excluding carboxylic acids is 1. The first-order valence-corrected chi connectivity index (χ1v) is 8.89. The van der Waals surface area contributed by atoms with Crippen molar-refractivity contribution in [1.82, 2.24) is 14.9 Å². The summed E-state index contributed by atoms with van der Waals surface area (Å²) in [4.78, 5) is 17.0. The van der Waals surface area contributed by atoms with Gasteiger partial charge in [-0.2, -0.15) is 0 Å². The van der Waals surface area contributed by atoms with Crippen LogP contribution in [0.25, 0.3) is 0 Å². The van der Waals surface area contributed by atoms with Crippen LogP contribution >= 0.6 is 0 Å². The molecule has 3 rings (SSSR count). The third-order valence-corrected chi connectivity index (χ3v) is 6.40. The first-order chi connectivity index (χ1) is 11.1. The first-order valence-electron chi connectivity index (χ1n) is 8.89. The maximum atomic E-state index is 12.8. The maximum absolute atomic E-state index is 12.8. The Morgan fingerprint density at radius 2 is 2.22 bits per heavy atom. The fourth-order valence-corrected chi connectivity index (χ4v) is 4.96. The van der Waals surface area contributed by atoms with Gasteiger partial charge in [0.05, 0.1) is 12.4 Å². The van der Waals surface area contributed by atoms with Crippen LogP contribution < -0.4 is 5.32 Å². The summed E-state index contributed by atoms with van der Waals surface area (Å²) in [5.41, 5.74) is 1.25. The molecule has 5 nitrogen and oxygen atoms in total. The molecule has 0 unspecified atom stereocenters. The van der Waals surface area contributed by atoms with E-state index in [1.807, 2.05) is 12.5 Å². The molecule has 1 fully saturated rings. The number of imidazole rings is 1. The topological polar surface area (TPSA) is 56.2 Å². The zero-order valence-electron chi connectivity index (χ0n) is 14.7. The predicted molar refractivity (Wildman–Crippen MR) is 88.9 cm³/mol. The van der Waals surface area contributed by atoms with Crippen LogP contribution in [0.2, 0.25) is 0 Å². The van der Waals surface area contributed by atoms with Gasteiger partial charge < -0.3 is 14.6 Å². The summed E-state index contributed by atoms with van der Waals surface area (Å²) in [6, 6.07) is 0.224. The molecule has 1 aliphatic carbocycles. The molecule has 23 heavy (non-hydrogen) atoms. The number of rotatable bonds is 5. The Labute approximate surface area is 138 Å². The number of amides is 1. The quantitative estimate of drug-likeness (QED) is 0.907. The van der Waals surface area contributed by atoms with Crippen LogP contribution in [0, 0.1) is 17.3 Å². The van der Waals surface area contributed by atoms with Crippen LogP contribution in [0.3, 0.4) is 0 Å². The van der Waals surface area contributed by atoms with Crippen molar-refractivity contribution in [2.75, 3.05) is 7.11 Å². The van der Waals surface area contributed by atoms with Crippen molar-refractivity contribution in [2.45, 2.75) is 65.1 Å². The fourth-order valence-electron chi connectivity index (χ4n) is 4.96. The standard InChI is InChI=1S/C18H29N3O2/c1-5-18(6-2)15(12(3)16(18)23-4)20-17(22)13-7-8-21-11-19-10-14(21)9-13/h10-13,15-16H,5-9H2,1-4H3,(H,20,22)/t12-,13-,15-,16+/m1/s1. The number of nitrogens with one attached hydrogen (secondary N) is 1. The second kappa shape index (κ2) is 6.27. The molecule has 1 aromatic heterocycles. The van der Waals surface area contributed by atoms with Gasteiger partial charge in [0.1, 0.15) is 0 Å². The smallest absolute Gasteiger partial charge is 0.223 e. The number of carbonyl (C=O) groups is 1. The minimum atomic E-state index is 0.0689. The molecule has 1 aromatic rings. The number of nitrogens with zero attached hydrogens (tertiary/aromatic N) is 2. The monoisotopic (exact) mass is 319 g/mol. The van der Waals surface area contributed by atoms with Gasteiger partial charge in [-0.15, -0.1) is 0 Å². The normalized spacial score (nSPS) is 32.0. The molecule has 0 saturated heterocycles. The predicted octanol–water partition coefficient (Wildman–Crippen LogP) is 2.40. The van der Waals surface area contributed by atoms with Crippen molar-refractivity contribution >= 4 is 5.91 Å². The Balaban J connectivity index is 1.68. The molecule has 1 N–H and O–H groups in total. The first kappa shape index (κ1) is 16.5. The van der Waals surface area contributed by atoms with Crippen LogP contribution in [-0.2, 0) is 22.5 Å². The lowest BCUT2D eigenvalue weighted by molar-refractivity contribution is -0.173. The van der Waals surface area contributed by atoms with E-state index in [1.165, 1.54) is 5.69 Å². The lowest BCUT2D eigenvalue weighted by atomic mass is 9.53. The van der Waals surface area contributed by atoms with Crippen LogP contribution in [0.5, 0.6) is 0 Å². The van der Waals surface area contributed by atoms with E-state index in [4.69, 9.17) is 4.74 Å². The van der Waals surface area contributed by atoms with E-state index in [9.17, 15) is 4.79 Å². The van der Waals surface area contributed by atoms with Gasteiger partial charge in [-0.1, -0.05) is 20.8 Å². The van der Waals surface area contributed by atoms with Crippen molar-refractivity contribution in [3.8, 4) is 0 Å². The number of aryl methyl sites for hydroxylation is 1. The zero-order chi connectivity index (χ0) is 16.6. The van der Waals surface area contributed by atoms with Crippen LogP contribution in [0.15, 0.2) is 12.5 Å². The third kappa shape index (κ3) is 2.49. The molecule has 0 spiro atoms. The molecule has 128 valence electrons. The van der Waals surface area contributed by atoms with Gasteiger partial charge >= 0.3 is 0 Å². The van der Waals surface area contributed by atoms with Crippen molar-refractivity contribution in [3.05, 3.63) is 18.2 Å². The van der Waals surface area contributed by atoms with Crippen LogP contribution in [0.1, 0.15) is 45.7 Å². The molecule has 0 radical (unpaired) electrons. The van der Waals surface area contributed by atoms with E-state index >= 15 is 0 Å². The second-order valence-corrected chi connectivity index (χ2v) is 7.21. The molecule has 1 saturated carbocycles. The molecule has 1 amide bonds. The molecule has 5 heteroatoms. The second-order valence-electron chi connectivity index (χ2n) is 7.21. The molecule has 1 aliphatic heterocycles. The van der Waals surface area contributed by atoms with Gasteiger partial charge in [-0.25, -0.2) is 4.98 Å². The SMILES string of the molecule is CCC1(CC)[C@H](NC(=O)[C@@H]2CCn3cncc3C2)[C@@H](C)[C@@H]1OC. The summed E-state index contributed by atoms with van der Waals surface area (Å²) in [6.07, 6.45) is 7.76. The van der Waals surface area contributed by atoms with Crippen molar-refractivity contribution in [3.63, 3.8) is 0 Å². The lowest BCUT2D eigenvalue weighted by Gasteiger charge is -2.60.